The summed E-state index contributed by atoms with van der Waals surface area (Å²) in [5.41, 5.74) is 0. The number of amides is 2. The number of likely N-dealkylation sites (tertiary alicyclic amines) is 1. The quantitative estimate of drug-likeness (QED) is 0.695. The second-order valence-corrected chi connectivity index (χ2v) is 6.04. The van der Waals surface area contributed by atoms with E-state index in [-0.39, 0.29) is 30.3 Å². The van der Waals surface area contributed by atoms with E-state index < -0.39 is 0 Å². The van der Waals surface area contributed by atoms with Crippen LogP contribution in [0.5, 0.6) is 0 Å². The van der Waals surface area contributed by atoms with Crippen molar-refractivity contribution in [3.05, 3.63) is 0 Å². The van der Waals surface area contributed by atoms with Crippen LogP contribution in [0, 0.1) is 11.8 Å². The van der Waals surface area contributed by atoms with E-state index in [0.717, 1.165) is 26.2 Å². The molecule has 2 heterocycles. The van der Waals surface area contributed by atoms with Gasteiger partial charge in [-0.05, 0) is 5.92 Å². The molecule has 1 atom stereocenters. The Morgan fingerprint density at radius 2 is 1.75 bits per heavy atom. The van der Waals surface area contributed by atoms with Crippen molar-refractivity contribution < 1.29 is 14.7 Å². The topological polar surface area (TPSA) is 64.1 Å². The number of piperazine rings is 1. The number of hydrogen-bond donors (Lipinski definition) is 1. The smallest absolute Gasteiger partial charge is 0.234 e. The lowest BCUT2D eigenvalue weighted by molar-refractivity contribution is -0.142. The number of imide groups is 1. The van der Waals surface area contributed by atoms with Crippen molar-refractivity contribution in [2.24, 2.45) is 11.8 Å². The van der Waals surface area contributed by atoms with Gasteiger partial charge in [0.15, 0.2) is 0 Å². The lowest BCUT2D eigenvalue weighted by Crippen LogP contribution is -2.51. The Morgan fingerprint density at radius 1 is 1.15 bits per heavy atom. The molecule has 2 fully saturated rings. The zero-order valence-corrected chi connectivity index (χ0v) is 12.4. The van der Waals surface area contributed by atoms with Crippen molar-refractivity contribution in [2.45, 2.75) is 20.3 Å². The van der Waals surface area contributed by atoms with E-state index in [4.69, 9.17) is 5.11 Å². The Bertz CT molecular complexity index is 365. The number of carbonyl (C=O) groups excluding carboxylic acids is 2. The van der Waals surface area contributed by atoms with Crippen LogP contribution in [-0.2, 0) is 9.59 Å². The van der Waals surface area contributed by atoms with Crippen LogP contribution in [0.15, 0.2) is 0 Å². The van der Waals surface area contributed by atoms with E-state index in [9.17, 15) is 9.59 Å². The van der Waals surface area contributed by atoms with Crippen LogP contribution >= 0.6 is 0 Å². The van der Waals surface area contributed by atoms with Gasteiger partial charge in [0.05, 0.1) is 13.3 Å². The molecule has 2 rings (SSSR count). The van der Waals surface area contributed by atoms with Gasteiger partial charge in [-0.2, -0.15) is 0 Å². The molecule has 2 saturated heterocycles. The molecule has 2 aliphatic heterocycles. The maximum atomic E-state index is 12.2. The van der Waals surface area contributed by atoms with E-state index in [0.29, 0.717) is 19.6 Å². The molecule has 0 aromatic carbocycles. The highest BCUT2D eigenvalue weighted by molar-refractivity contribution is 6.03. The van der Waals surface area contributed by atoms with E-state index >= 15 is 0 Å². The third kappa shape index (κ3) is 3.37. The zero-order chi connectivity index (χ0) is 14.7. The second-order valence-electron chi connectivity index (χ2n) is 6.04. The fourth-order valence-corrected chi connectivity index (χ4v) is 2.87. The first kappa shape index (κ1) is 15.4. The molecule has 0 bridgehead atoms. The monoisotopic (exact) mass is 283 g/mol. The molecule has 114 valence electrons. The molecular formula is C14H25N3O3. The van der Waals surface area contributed by atoms with Crippen LogP contribution in [0.25, 0.3) is 0 Å². The van der Waals surface area contributed by atoms with Crippen molar-refractivity contribution in [3.63, 3.8) is 0 Å². The number of nitrogens with zero attached hydrogens (tertiary/aromatic N) is 3. The third-order valence-corrected chi connectivity index (χ3v) is 4.31. The van der Waals surface area contributed by atoms with Crippen LogP contribution in [-0.4, -0.2) is 77.6 Å². The van der Waals surface area contributed by atoms with Crippen LogP contribution < -0.4 is 0 Å². The van der Waals surface area contributed by atoms with E-state index in [1.54, 1.807) is 0 Å². The van der Waals surface area contributed by atoms with Gasteiger partial charge < -0.3 is 5.11 Å². The third-order valence-electron chi connectivity index (χ3n) is 4.31. The van der Waals surface area contributed by atoms with Gasteiger partial charge in [0.1, 0.15) is 0 Å². The fourth-order valence-electron chi connectivity index (χ4n) is 2.87. The molecule has 0 aromatic rings. The normalized spacial score (nSPS) is 26.0. The predicted molar refractivity (Wildman–Crippen MR) is 74.8 cm³/mol. The molecule has 0 radical (unpaired) electrons. The summed E-state index contributed by atoms with van der Waals surface area (Å²) in [5, 5.41) is 8.91. The van der Waals surface area contributed by atoms with Crippen molar-refractivity contribution in [1.82, 2.24) is 14.7 Å². The predicted octanol–water partition coefficient (Wildman–Crippen LogP) is -0.415. The Hall–Kier alpha value is -0.980. The van der Waals surface area contributed by atoms with Crippen molar-refractivity contribution in [2.75, 3.05) is 46.0 Å². The second kappa shape index (κ2) is 6.65. The van der Waals surface area contributed by atoms with Gasteiger partial charge in [-0.3, -0.25) is 24.3 Å². The number of carbonyl (C=O) groups is 2. The summed E-state index contributed by atoms with van der Waals surface area (Å²) >= 11 is 0. The fraction of sp³-hybridized carbons (Fsp3) is 0.857. The molecule has 0 spiro atoms. The van der Waals surface area contributed by atoms with Crippen molar-refractivity contribution in [3.8, 4) is 0 Å². The van der Waals surface area contributed by atoms with Gasteiger partial charge in [-0.1, -0.05) is 13.8 Å². The first-order chi connectivity index (χ1) is 9.52. The molecule has 0 saturated carbocycles. The van der Waals surface area contributed by atoms with Crippen LogP contribution in [0.4, 0.5) is 0 Å². The summed E-state index contributed by atoms with van der Waals surface area (Å²) in [6.07, 6.45) is 0.362. The van der Waals surface area contributed by atoms with Gasteiger partial charge >= 0.3 is 0 Å². The molecule has 20 heavy (non-hydrogen) atoms. The average molecular weight is 283 g/mol. The Morgan fingerprint density at radius 3 is 2.25 bits per heavy atom. The summed E-state index contributed by atoms with van der Waals surface area (Å²) in [7, 11) is 0. The first-order valence-corrected chi connectivity index (χ1v) is 7.42. The highest BCUT2D eigenvalue weighted by Gasteiger charge is 2.40. The number of β-amino-alcohol motifs (C(OH)–C–C–N with tert-alkyl or cyclic N) is 1. The molecule has 6 heteroatoms. The highest BCUT2D eigenvalue weighted by atomic mass is 16.3. The standard InChI is InChI=1S/C14H25N3O3/c1-11(2)12-9-13(19)17(14(12)20)10-16-5-3-15(4-6-16)7-8-18/h11-12,18H,3-10H2,1-2H3. The molecule has 2 aliphatic rings. The van der Waals surface area contributed by atoms with E-state index in [2.05, 4.69) is 9.80 Å². The Balaban J connectivity index is 1.85. The van der Waals surface area contributed by atoms with Gasteiger partial charge in [0.25, 0.3) is 0 Å². The minimum Gasteiger partial charge on any atom is -0.395 e. The van der Waals surface area contributed by atoms with Crippen LogP contribution in [0.1, 0.15) is 20.3 Å². The number of aliphatic hydroxyl groups excluding tert-OH is 1. The lowest BCUT2D eigenvalue weighted by Gasteiger charge is -2.35. The number of rotatable bonds is 5. The summed E-state index contributed by atoms with van der Waals surface area (Å²) in [6.45, 7) is 8.72. The SMILES string of the molecule is CC(C)C1CC(=O)N(CN2CCN(CCO)CC2)C1=O. The lowest BCUT2D eigenvalue weighted by atomic mass is 9.94. The number of hydrogen-bond acceptors (Lipinski definition) is 5. The van der Waals surface area contributed by atoms with Crippen molar-refractivity contribution in [1.29, 1.82) is 0 Å². The minimum absolute atomic E-state index is 0.0113. The molecule has 0 aliphatic carbocycles. The van der Waals surface area contributed by atoms with Gasteiger partial charge in [0, 0.05) is 45.1 Å². The van der Waals surface area contributed by atoms with Gasteiger partial charge in [0.2, 0.25) is 11.8 Å². The van der Waals surface area contributed by atoms with Crippen LogP contribution in [0.3, 0.4) is 0 Å². The van der Waals surface area contributed by atoms with E-state index in [1.807, 2.05) is 13.8 Å². The first-order valence-electron chi connectivity index (χ1n) is 7.42. The molecular weight excluding hydrogens is 258 g/mol. The average Bonchev–Trinajstić information content (AvgIpc) is 2.69. The largest absolute Gasteiger partial charge is 0.395 e. The molecule has 2 amide bonds. The molecule has 0 aromatic heterocycles. The van der Waals surface area contributed by atoms with E-state index in [1.165, 1.54) is 4.90 Å². The Kier molecular flexibility index (Phi) is 5.12. The molecule has 1 unspecified atom stereocenters. The van der Waals surface area contributed by atoms with Crippen molar-refractivity contribution >= 4 is 11.8 Å². The Labute approximate surface area is 120 Å². The van der Waals surface area contributed by atoms with Gasteiger partial charge in [-0.15, -0.1) is 0 Å². The van der Waals surface area contributed by atoms with Crippen LogP contribution in [0.2, 0.25) is 0 Å². The minimum atomic E-state index is -0.141. The summed E-state index contributed by atoms with van der Waals surface area (Å²) < 4.78 is 0. The maximum Gasteiger partial charge on any atom is 0.234 e. The highest BCUT2D eigenvalue weighted by Crippen LogP contribution is 2.26. The summed E-state index contributed by atoms with van der Waals surface area (Å²) in [4.78, 5) is 30.0. The summed E-state index contributed by atoms with van der Waals surface area (Å²) in [5.74, 6) is 0.0327. The summed E-state index contributed by atoms with van der Waals surface area (Å²) in [6, 6.07) is 0. The molecule has 6 nitrogen and oxygen atoms in total. The van der Waals surface area contributed by atoms with Gasteiger partial charge in [-0.25, -0.2) is 0 Å². The maximum absolute atomic E-state index is 12.2. The zero-order valence-electron chi connectivity index (χ0n) is 12.4. The number of aliphatic hydroxyl groups is 1. The molecule has 1 N–H and O–H groups in total.